The molecule has 0 fully saturated rings. The van der Waals surface area contributed by atoms with Gasteiger partial charge >= 0.3 is 0 Å². The van der Waals surface area contributed by atoms with E-state index in [9.17, 15) is 4.79 Å². The third-order valence-corrected chi connectivity index (χ3v) is 4.37. The summed E-state index contributed by atoms with van der Waals surface area (Å²) < 4.78 is 11.1. The van der Waals surface area contributed by atoms with Crippen molar-refractivity contribution in [3.05, 3.63) is 53.9 Å². The van der Waals surface area contributed by atoms with Crippen LogP contribution in [0.15, 0.2) is 42.7 Å². The maximum atomic E-state index is 12.3. The van der Waals surface area contributed by atoms with Crippen LogP contribution in [0.2, 0.25) is 0 Å². The molecule has 0 saturated carbocycles. The molecular weight excluding hydrogens is 316 g/mol. The molecule has 0 N–H and O–H groups in total. The normalized spacial score (nSPS) is 12.7. The van der Waals surface area contributed by atoms with Crippen molar-refractivity contribution in [2.24, 2.45) is 0 Å². The van der Waals surface area contributed by atoms with Crippen LogP contribution in [0, 0.1) is 0 Å². The third kappa shape index (κ3) is 4.95. The fourth-order valence-corrected chi connectivity index (χ4v) is 2.85. The van der Waals surface area contributed by atoms with E-state index in [-0.39, 0.29) is 5.91 Å². The second-order valence-corrected chi connectivity index (χ2v) is 6.25. The van der Waals surface area contributed by atoms with E-state index in [1.54, 1.807) is 12.4 Å². The first-order valence-electron chi connectivity index (χ1n) is 8.74. The van der Waals surface area contributed by atoms with Gasteiger partial charge in [-0.2, -0.15) is 0 Å². The number of rotatable bonds is 7. The number of fused-ring (bicyclic) bond motifs is 1. The molecule has 0 bridgehead atoms. The molecule has 5 heteroatoms. The van der Waals surface area contributed by atoms with E-state index in [2.05, 4.69) is 4.98 Å². The van der Waals surface area contributed by atoms with E-state index in [0.717, 1.165) is 37.3 Å². The predicted octanol–water partition coefficient (Wildman–Crippen LogP) is 2.88. The van der Waals surface area contributed by atoms with Gasteiger partial charge in [0.05, 0.1) is 0 Å². The minimum atomic E-state index is 0.187. The molecular formula is C20H24N2O3. The molecule has 0 spiro atoms. The summed E-state index contributed by atoms with van der Waals surface area (Å²) in [5, 5.41) is 0. The van der Waals surface area contributed by atoms with E-state index >= 15 is 0 Å². The van der Waals surface area contributed by atoms with E-state index in [0.29, 0.717) is 19.6 Å². The Hall–Kier alpha value is -2.56. The summed E-state index contributed by atoms with van der Waals surface area (Å²) in [6.45, 7) is 1.93. The van der Waals surface area contributed by atoms with Gasteiger partial charge in [-0.3, -0.25) is 9.78 Å². The van der Waals surface area contributed by atoms with Gasteiger partial charge in [0.25, 0.3) is 0 Å². The Morgan fingerprint density at radius 2 is 1.80 bits per heavy atom. The molecule has 0 saturated heterocycles. The Bertz CT molecular complexity index is 703. The quantitative estimate of drug-likeness (QED) is 0.778. The number of nitrogens with zero attached hydrogens (tertiary/aromatic N) is 2. The number of ether oxygens (including phenoxy) is 2. The maximum Gasteiger partial charge on any atom is 0.222 e. The number of pyridine rings is 1. The molecule has 3 rings (SSSR count). The Balaban J connectivity index is 1.41. The van der Waals surface area contributed by atoms with Crippen LogP contribution >= 0.6 is 0 Å². The SMILES string of the molecule is CN(CCc1ccncc1)C(=O)CCCc1ccc2c(c1)OCCO2. The molecule has 0 radical (unpaired) electrons. The first kappa shape index (κ1) is 17.3. The highest BCUT2D eigenvalue weighted by Gasteiger charge is 2.12. The highest BCUT2D eigenvalue weighted by atomic mass is 16.6. The monoisotopic (exact) mass is 340 g/mol. The van der Waals surface area contributed by atoms with Gasteiger partial charge in [0.2, 0.25) is 5.91 Å². The van der Waals surface area contributed by atoms with Gasteiger partial charge in [-0.05, 0) is 54.7 Å². The summed E-state index contributed by atoms with van der Waals surface area (Å²) in [6.07, 6.45) is 6.67. The Morgan fingerprint density at radius 3 is 2.60 bits per heavy atom. The highest BCUT2D eigenvalue weighted by molar-refractivity contribution is 5.75. The summed E-state index contributed by atoms with van der Waals surface area (Å²) in [5.74, 6) is 1.80. The van der Waals surface area contributed by atoms with Crippen molar-refractivity contribution in [3.8, 4) is 11.5 Å². The minimum Gasteiger partial charge on any atom is -0.486 e. The number of carbonyl (C=O) groups excluding carboxylic acids is 1. The number of benzene rings is 1. The zero-order valence-electron chi connectivity index (χ0n) is 14.6. The van der Waals surface area contributed by atoms with Crippen molar-refractivity contribution in [2.45, 2.75) is 25.7 Å². The number of aromatic nitrogens is 1. The van der Waals surface area contributed by atoms with Gasteiger partial charge in [0.1, 0.15) is 13.2 Å². The van der Waals surface area contributed by atoms with Gasteiger partial charge in [-0.15, -0.1) is 0 Å². The molecule has 0 aliphatic carbocycles. The average Bonchev–Trinajstić information content (AvgIpc) is 2.66. The number of likely N-dealkylation sites (N-methyl/N-ethyl adjacent to an activating group) is 1. The molecule has 5 nitrogen and oxygen atoms in total. The van der Waals surface area contributed by atoms with Crippen molar-refractivity contribution in [2.75, 3.05) is 26.8 Å². The fourth-order valence-electron chi connectivity index (χ4n) is 2.85. The molecule has 1 aromatic heterocycles. The van der Waals surface area contributed by atoms with Crippen LogP contribution < -0.4 is 9.47 Å². The minimum absolute atomic E-state index is 0.187. The van der Waals surface area contributed by atoms with Crippen molar-refractivity contribution >= 4 is 5.91 Å². The van der Waals surface area contributed by atoms with Gasteiger partial charge in [0, 0.05) is 32.4 Å². The number of aryl methyl sites for hydroxylation is 1. The summed E-state index contributed by atoms with van der Waals surface area (Å²) in [5.41, 5.74) is 2.38. The highest BCUT2D eigenvalue weighted by Crippen LogP contribution is 2.31. The van der Waals surface area contributed by atoms with Crippen LogP contribution in [0.25, 0.3) is 0 Å². The smallest absolute Gasteiger partial charge is 0.222 e. The lowest BCUT2D eigenvalue weighted by Crippen LogP contribution is -2.28. The van der Waals surface area contributed by atoms with E-state index in [4.69, 9.17) is 9.47 Å². The molecule has 1 aromatic carbocycles. The van der Waals surface area contributed by atoms with Crippen LogP contribution in [0.5, 0.6) is 11.5 Å². The lowest BCUT2D eigenvalue weighted by atomic mass is 10.1. The van der Waals surface area contributed by atoms with E-state index in [1.165, 1.54) is 11.1 Å². The van der Waals surface area contributed by atoms with Crippen LogP contribution in [-0.4, -0.2) is 42.6 Å². The Kier molecular flexibility index (Phi) is 5.88. The molecule has 132 valence electrons. The van der Waals surface area contributed by atoms with Gasteiger partial charge in [0.15, 0.2) is 11.5 Å². The molecule has 25 heavy (non-hydrogen) atoms. The summed E-state index contributed by atoms with van der Waals surface area (Å²) in [7, 11) is 1.87. The average molecular weight is 340 g/mol. The largest absolute Gasteiger partial charge is 0.486 e. The van der Waals surface area contributed by atoms with Crippen molar-refractivity contribution in [1.29, 1.82) is 0 Å². The first-order valence-corrected chi connectivity index (χ1v) is 8.74. The fraction of sp³-hybridized carbons (Fsp3) is 0.400. The summed E-state index contributed by atoms with van der Waals surface area (Å²) >= 11 is 0. The molecule has 2 heterocycles. The van der Waals surface area contributed by atoms with E-state index in [1.807, 2.05) is 42.3 Å². The topological polar surface area (TPSA) is 51.7 Å². The number of hydrogen-bond donors (Lipinski definition) is 0. The van der Waals surface area contributed by atoms with Crippen molar-refractivity contribution in [3.63, 3.8) is 0 Å². The molecule has 1 aliphatic rings. The Labute approximate surface area is 148 Å². The third-order valence-electron chi connectivity index (χ3n) is 4.37. The van der Waals surface area contributed by atoms with Gasteiger partial charge in [-0.1, -0.05) is 6.07 Å². The molecule has 1 aliphatic heterocycles. The molecule has 0 unspecified atom stereocenters. The lowest BCUT2D eigenvalue weighted by molar-refractivity contribution is -0.129. The number of carbonyl (C=O) groups is 1. The number of hydrogen-bond acceptors (Lipinski definition) is 4. The number of amides is 1. The van der Waals surface area contributed by atoms with Crippen LogP contribution in [0.4, 0.5) is 0 Å². The van der Waals surface area contributed by atoms with Crippen LogP contribution in [0.3, 0.4) is 0 Å². The van der Waals surface area contributed by atoms with Gasteiger partial charge < -0.3 is 14.4 Å². The zero-order valence-corrected chi connectivity index (χ0v) is 14.6. The predicted molar refractivity (Wildman–Crippen MR) is 95.9 cm³/mol. The summed E-state index contributed by atoms with van der Waals surface area (Å²) in [4.78, 5) is 18.1. The maximum absolute atomic E-state index is 12.3. The molecule has 0 atom stereocenters. The van der Waals surface area contributed by atoms with Crippen molar-refractivity contribution in [1.82, 2.24) is 9.88 Å². The molecule has 1 amide bonds. The zero-order chi connectivity index (χ0) is 17.5. The van der Waals surface area contributed by atoms with E-state index < -0.39 is 0 Å². The second kappa shape index (κ2) is 8.51. The lowest BCUT2D eigenvalue weighted by Gasteiger charge is -2.19. The summed E-state index contributed by atoms with van der Waals surface area (Å²) in [6, 6.07) is 9.99. The molecule has 2 aromatic rings. The van der Waals surface area contributed by atoms with Crippen molar-refractivity contribution < 1.29 is 14.3 Å². The second-order valence-electron chi connectivity index (χ2n) is 6.25. The van der Waals surface area contributed by atoms with Crippen LogP contribution in [-0.2, 0) is 17.6 Å². The van der Waals surface area contributed by atoms with Gasteiger partial charge in [-0.25, -0.2) is 0 Å². The van der Waals surface area contributed by atoms with Crippen LogP contribution in [0.1, 0.15) is 24.0 Å². The first-order chi connectivity index (χ1) is 12.2. The standard InChI is InChI=1S/C20H24N2O3/c1-22(12-9-16-7-10-21-11-8-16)20(23)4-2-3-17-5-6-18-19(15-17)25-14-13-24-18/h5-8,10-11,15H,2-4,9,12-14H2,1H3. The Morgan fingerprint density at radius 1 is 1.04 bits per heavy atom.